The Morgan fingerprint density at radius 3 is 2.87 bits per heavy atom. The summed E-state index contributed by atoms with van der Waals surface area (Å²) in [6.45, 7) is 4.49. The Bertz CT molecular complexity index is 859. The van der Waals surface area contributed by atoms with Gasteiger partial charge >= 0.3 is 0 Å². The van der Waals surface area contributed by atoms with Crippen LogP contribution in [0.15, 0.2) is 54.7 Å². The summed E-state index contributed by atoms with van der Waals surface area (Å²) in [6, 6.07) is 14.9. The lowest BCUT2D eigenvalue weighted by Crippen LogP contribution is -2.12. The van der Waals surface area contributed by atoms with Crippen molar-refractivity contribution < 1.29 is 9.53 Å². The van der Waals surface area contributed by atoms with Crippen LogP contribution in [0.25, 0.3) is 10.9 Å². The molecular weight excluding hydrogens is 288 g/mol. The van der Waals surface area contributed by atoms with E-state index in [1.54, 1.807) is 18.3 Å². The zero-order valence-corrected chi connectivity index (χ0v) is 13.2. The molecule has 0 saturated heterocycles. The summed E-state index contributed by atoms with van der Waals surface area (Å²) in [4.78, 5) is 16.9. The topological polar surface area (TPSA) is 51.2 Å². The van der Waals surface area contributed by atoms with Gasteiger partial charge in [-0.2, -0.15) is 0 Å². The van der Waals surface area contributed by atoms with E-state index in [2.05, 4.69) is 10.3 Å². The van der Waals surface area contributed by atoms with Crippen molar-refractivity contribution in [2.45, 2.75) is 13.8 Å². The number of benzene rings is 2. The molecule has 4 nitrogen and oxygen atoms in total. The minimum atomic E-state index is -0.166. The van der Waals surface area contributed by atoms with E-state index in [-0.39, 0.29) is 5.91 Å². The molecule has 0 aliphatic heterocycles. The van der Waals surface area contributed by atoms with Crippen LogP contribution in [0.3, 0.4) is 0 Å². The summed E-state index contributed by atoms with van der Waals surface area (Å²) >= 11 is 0. The number of hydrogen-bond acceptors (Lipinski definition) is 3. The fraction of sp³-hybridized carbons (Fsp3) is 0.158. The van der Waals surface area contributed by atoms with Crippen LogP contribution in [-0.4, -0.2) is 17.5 Å². The second-order valence-electron chi connectivity index (χ2n) is 5.24. The summed E-state index contributed by atoms with van der Waals surface area (Å²) in [6.07, 6.45) is 1.76. The summed E-state index contributed by atoms with van der Waals surface area (Å²) in [5.74, 6) is 0.524. The zero-order chi connectivity index (χ0) is 16.2. The lowest BCUT2D eigenvalue weighted by molar-refractivity contribution is 0.102. The number of nitrogens with one attached hydrogen (secondary N) is 1. The van der Waals surface area contributed by atoms with Gasteiger partial charge in [0.2, 0.25) is 0 Å². The highest BCUT2D eigenvalue weighted by Crippen LogP contribution is 2.25. The summed E-state index contributed by atoms with van der Waals surface area (Å²) in [7, 11) is 0. The van der Waals surface area contributed by atoms with Crippen LogP contribution in [-0.2, 0) is 0 Å². The molecule has 4 heteroatoms. The molecule has 0 spiro atoms. The van der Waals surface area contributed by atoms with E-state index in [9.17, 15) is 4.79 Å². The van der Waals surface area contributed by atoms with E-state index in [1.165, 1.54) is 0 Å². The first-order chi connectivity index (χ1) is 11.2. The van der Waals surface area contributed by atoms with Crippen LogP contribution < -0.4 is 10.1 Å². The van der Waals surface area contributed by atoms with Gasteiger partial charge in [0.1, 0.15) is 5.75 Å². The number of pyridine rings is 1. The van der Waals surface area contributed by atoms with Crippen LogP contribution in [0, 0.1) is 6.92 Å². The van der Waals surface area contributed by atoms with Crippen molar-refractivity contribution >= 4 is 22.5 Å². The van der Waals surface area contributed by atoms with Gasteiger partial charge in [-0.25, -0.2) is 0 Å². The molecule has 23 heavy (non-hydrogen) atoms. The highest BCUT2D eigenvalue weighted by molar-refractivity contribution is 6.09. The Labute approximate surface area is 135 Å². The number of rotatable bonds is 4. The number of fused-ring (bicyclic) bond motifs is 1. The highest BCUT2D eigenvalue weighted by Gasteiger charge is 2.10. The van der Waals surface area contributed by atoms with E-state index in [4.69, 9.17) is 4.74 Å². The maximum absolute atomic E-state index is 12.5. The van der Waals surface area contributed by atoms with Crippen molar-refractivity contribution in [3.05, 3.63) is 65.9 Å². The van der Waals surface area contributed by atoms with Crippen molar-refractivity contribution in [2.24, 2.45) is 0 Å². The minimum Gasteiger partial charge on any atom is -0.494 e. The van der Waals surface area contributed by atoms with Gasteiger partial charge in [-0.05, 0) is 55.8 Å². The summed E-state index contributed by atoms with van der Waals surface area (Å²) < 4.78 is 5.44. The molecule has 0 saturated carbocycles. The maximum Gasteiger partial charge on any atom is 0.255 e. The summed E-state index contributed by atoms with van der Waals surface area (Å²) in [5.41, 5.74) is 3.30. The molecule has 1 aromatic heterocycles. The Balaban J connectivity index is 1.92. The van der Waals surface area contributed by atoms with E-state index in [1.807, 2.05) is 50.2 Å². The molecule has 2 aromatic carbocycles. The fourth-order valence-corrected chi connectivity index (χ4v) is 2.51. The van der Waals surface area contributed by atoms with Gasteiger partial charge in [-0.1, -0.05) is 12.1 Å². The van der Waals surface area contributed by atoms with Crippen molar-refractivity contribution in [3.63, 3.8) is 0 Å². The highest BCUT2D eigenvalue weighted by atomic mass is 16.5. The van der Waals surface area contributed by atoms with Crippen LogP contribution >= 0.6 is 0 Å². The third-order valence-corrected chi connectivity index (χ3v) is 3.63. The molecule has 1 N–H and O–H groups in total. The molecule has 0 bridgehead atoms. The monoisotopic (exact) mass is 306 g/mol. The normalized spacial score (nSPS) is 10.5. The molecule has 116 valence electrons. The second-order valence-corrected chi connectivity index (χ2v) is 5.24. The van der Waals surface area contributed by atoms with Crippen LogP contribution in [0.5, 0.6) is 5.75 Å². The quantitative estimate of drug-likeness (QED) is 0.786. The SMILES string of the molecule is CCOc1cccc(C(=O)Nc2ccc(C)c3ncccc23)c1. The number of aryl methyl sites for hydroxylation is 1. The molecule has 0 fully saturated rings. The number of ether oxygens (including phenoxy) is 1. The number of carbonyl (C=O) groups excluding carboxylic acids is 1. The second kappa shape index (κ2) is 6.48. The first-order valence-electron chi connectivity index (χ1n) is 7.57. The largest absolute Gasteiger partial charge is 0.494 e. The van der Waals surface area contributed by atoms with E-state index in [0.29, 0.717) is 17.9 Å². The molecular formula is C19H18N2O2. The van der Waals surface area contributed by atoms with Crippen molar-refractivity contribution in [2.75, 3.05) is 11.9 Å². The third kappa shape index (κ3) is 3.16. The fourth-order valence-electron chi connectivity index (χ4n) is 2.51. The molecule has 0 radical (unpaired) electrons. The van der Waals surface area contributed by atoms with Gasteiger partial charge in [0, 0.05) is 17.1 Å². The Hall–Kier alpha value is -2.88. The maximum atomic E-state index is 12.5. The van der Waals surface area contributed by atoms with Crippen molar-refractivity contribution in [1.29, 1.82) is 0 Å². The number of hydrogen-bond donors (Lipinski definition) is 1. The lowest BCUT2D eigenvalue weighted by Gasteiger charge is -2.11. The number of carbonyl (C=O) groups is 1. The van der Waals surface area contributed by atoms with Crippen molar-refractivity contribution in [3.8, 4) is 5.75 Å². The van der Waals surface area contributed by atoms with Crippen LogP contribution in [0.2, 0.25) is 0 Å². The van der Waals surface area contributed by atoms with E-state index in [0.717, 1.165) is 22.2 Å². The standard InChI is InChI=1S/C19H18N2O2/c1-3-23-15-7-4-6-14(12-15)19(22)21-17-10-9-13(2)18-16(17)8-5-11-20-18/h4-12H,3H2,1-2H3,(H,21,22). The number of aromatic nitrogens is 1. The number of nitrogens with zero attached hydrogens (tertiary/aromatic N) is 1. The van der Waals surface area contributed by atoms with Gasteiger partial charge in [0.25, 0.3) is 5.91 Å². The molecule has 0 aliphatic rings. The van der Waals surface area contributed by atoms with E-state index < -0.39 is 0 Å². The minimum absolute atomic E-state index is 0.166. The first kappa shape index (κ1) is 15.0. The van der Waals surface area contributed by atoms with Gasteiger partial charge in [-0.3, -0.25) is 9.78 Å². The molecule has 0 atom stereocenters. The van der Waals surface area contributed by atoms with Crippen molar-refractivity contribution in [1.82, 2.24) is 4.98 Å². The predicted molar refractivity (Wildman–Crippen MR) is 92.0 cm³/mol. The van der Waals surface area contributed by atoms with Gasteiger partial charge in [-0.15, -0.1) is 0 Å². The smallest absolute Gasteiger partial charge is 0.255 e. The van der Waals surface area contributed by atoms with Crippen LogP contribution in [0.1, 0.15) is 22.8 Å². The molecule has 0 aliphatic carbocycles. The van der Waals surface area contributed by atoms with Gasteiger partial charge in [0.15, 0.2) is 0 Å². The lowest BCUT2D eigenvalue weighted by atomic mass is 10.1. The van der Waals surface area contributed by atoms with Gasteiger partial charge in [0.05, 0.1) is 17.8 Å². The molecule has 1 amide bonds. The Morgan fingerprint density at radius 1 is 1.17 bits per heavy atom. The number of amides is 1. The van der Waals surface area contributed by atoms with Crippen LogP contribution in [0.4, 0.5) is 5.69 Å². The Kier molecular flexibility index (Phi) is 4.24. The zero-order valence-electron chi connectivity index (χ0n) is 13.2. The average Bonchev–Trinajstić information content (AvgIpc) is 2.58. The first-order valence-corrected chi connectivity index (χ1v) is 7.57. The Morgan fingerprint density at radius 2 is 2.04 bits per heavy atom. The van der Waals surface area contributed by atoms with Gasteiger partial charge < -0.3 is 10.1 Å². The summed E-state index contributed by atoms with van der Waals surface area (Å²) in [5, 5.41) is 3.90. The third-order valence-electron chi connectivity index (χ3n) is 3.63. The predicted octanol–water partition coefficient (Wildman–Crippen LogP) is 4.19. The number of anilines is 1. The molecule has 1 heterocycles. The molecule has 0 unspecified atom stereocenters. The molecule has 3 aromatic rings. The molecule has 3 rings (SSSR count). The average molecular weight is 306 g/mol. The van der Waals surface area contributed by atoms with E-state index >= 15 is 0 Å².